The largest absolute Gasteiger partial charge is 0.542 e. The van der Waals surface area contributed by atoms with E-state index in [4.69, 9.17) is 9.90 Å². The van der Waals surface area contributed by atoms with Gasteiger partial charge in [0.2, 0.25) is 0 Å². The third kappa shape index (κ3) is 6.46. The maximum absolute atomic E-state index is 10.5. The molecule has 0 unspecified atom stereocenters. The van der Waals surface area contributed by atoms with E-state index in [0.717, 1.165) is 0 Å². The first-order chi connectivity index (χ1) is 12.3. The molecule has 26 heavy (non-hydrogen) atoms. The smallest absolute Gasteiger partial charge is 0.430 e. The summed E-state index contributed by atoms with van der Waals surface area (Å²) in [6.07, 6.45) is 8.52. The summed E-state index contributed by atoms with van der Waals surface area (Å²) in [5, 5.41) is 8.78. The number of carboxylic acid groups (broad SMARTS) is 1. The zero-order chi connectivity index (χ0) is 19.0. The second-order valence-electron chi connectivity index (χ2n) is 7.21. The summed E-state index contributed by atoms with van der Waals surface area (Å²) in [6.45, 7) is 2.57. The number of nitrogens with zero attached hydrogens (tertiary/aromatic N) is 1. The molecule has 1 aliphatic heterocycles. The molecular weight excluding hydrogens is 343 g/mol. The zero-order valence-electron chi connectivity index (χ0n) is 14.9. The van der Waals surface area contributed by atoms with Gasteiger partial charge in [0, 0.05) is 18.3 Å². The molecule has 1 heterocycles. The van der Waals surface area contributed by atoms with E-state index in [1.54, 1.807) is 0 Å². The molecule has 1 saturated carbocycles. The van der Waals surface area contributed by atoms with Crippen LogP contribution >= 0.6 is 0 Å². The van der Waals surface area contributed by atoms with Gasteiger partial charge >= 0.3 is 6.18 Å². The van der Waals surface area contributed by atoms with Gasteiger partial charge in [-0.3, -0.25) is 0 Å². The van der Waals surface area contributed by atoms with E-state index in [0.29, 0.717) is 5.41 Å². The second-order valence-corrected chi connectivity index (χ2v) is 7.21. The van der Waals surface area contributed by atoms with Crippen molar-refractivity contribution in [3.8, 4) is 0 Å². The van der Waals surface area contributed by atoms with Crippen LogP contribution in [-0.4, -0.2) is 36.0 Å². The zero-order valence-corrected chi connectivity index (χ0v) is 14.9. The number of carboxylic acids is 1. The van der Waals surface area contributed by atoms with Crippen molar-refractivity contribution in [2.45, 2.75) is 57.5 Å². The van der Waals surface area contributed by atoms with Crippen molar-refractivity contribution in [1.29, 1.82) is 0 Å². The number of rotatable bonds is 5. The van der Waals surface area contributed by atoms with Gasteiger partial charge in [-0.2, -0.15) is 13.2 Å². The van der Waals surface area contributed by atoms with E-state index in [2.05, 4.69) is 41.1 Å². The average Bonchev–Trinajstić information content (AvgIpc) is 2.58. The molecule has 6 heteroatoms. The van der Waals surface area contributed by atoms with Crippen LogP contribution in [0.2, 0.25) is 0 Å². The molecule has 144 valence electrons. The number of hydrogen-bond acceptors (Lipinski definition) is 2. The highest BCUT2D eigenvalue weighted by Gasteiger charge is 2.40. The van der Waals surface area contributed by atoms with Crippen LogP contribution in [0, 0.1) is 5.41 Å². The van der Waals surface area contributed by atoms with Crippen molar-refractivity contribution >= 4 is 12.2 Å². The third-order valence-electron chi connectivity index (χ3n) is 5.16. The predicted molar refractivity (Wildman–Crippen MR) is 92.0 cm³/mol. The molecule has 1 fully saturated rings. The molecule has 0 atom stereocenters. The summed E-state index contributed by atoms with van der Waals surface area (Å²) in [4.78, 5) is 8.78. The number of carbonyl (C=O) groups is 1. The van der Waals surface area contributed by atoms with Crippen molar-refractivity contribution in [3.63, 3.8) is 0 Å². The fraction of sp³-hybridized carbons (Fsp3) is 0.600. The van der Waals surface area contributed by atoms with E-state index in [9.17, 15) is 13.2 Å². The van der Waals surface area contributed by atoms with Crippen LogP contribution in [0.25, 0.3) is 0 Å². The van der Waals surface area contributed by atoms with Crippen molar-refractivity contribution in [1.82, 2.24) is 0 Å². The lowest BCUT2D eigenvalue weighted by Crippen LogP contribution is -2.39. The van der Waals surface area contributed by atoms with Gasteiger partial charge < -0.3 is 9.90 Å². The third-order valence-corrected chi connectivity index (χ3v) is 5.16. The molecule has 3 rings (SSSR count). The number of carbonyl (C=O) groups excluding carboxylic acids is 1. The van der Waals surface area contributed by atoms with Crippen LogP contribution in [-0.2, 0) is 11.2 Å². The molecule has 3 nitrogen and oxygen atoms in total. The van der Waals surface area contributed by atoms with Crippen LogP contribution in [0.1, 0.15) is 50.5 Å². The number of hydrogen-bond donors (Lipinski definition) is 0. The topological polar surface area (TPSA) is 43.1 Å². The fourth-order valence-electron chi connectivity index (χ4n) is 3.63. The van der Waals surface area contributed by atoms with Gasteiger partial charge in [-0.25, -0.2) is 4.58 Å². The lowest BCUT2D eigenvalue weighted by molar-refractivity contribution is -0.534. The molecule has 0 radical (unpaired) electrons. The van der Waals surface area contributed by atoms with Crippen LogP contribution in [0.3, 0.4) is 0 Å². The Morgan fingerprint density at radius 3 is 2.23 bits per heavy atom. The lowest BCUT2D eigenvalue weighted by atomic mass is 9.66. The Labute approximate surface area is 152 Å². The summed E-state index contributed by atoms with van der Waals surface area (Å²) in [6, 6.07) is 10.9. The first-order valence-electron chi connectivity index (χ1n) is 9.23. The number of benzene rings is 1. The van der Waals surface area contributed by atoms with Gasteiger partial charge in [-0.05, 0) is 37.7 Å². The Balaban J connectivity index is 0.000000298. The Kier molecular flexibility index (Phi) is 7.23. The molecule has 1 aromatic rings. The highest BCUT2D eigenvalue weighted by Crippen LogP contribution is 2.44. The summed E-state index contributed by atoms with van der Waals surface area (Å²) in [5.74, 6) is -3.01. The van der Waals surface area contributed by atoms with Gasteiger partial charge in [0.1, 0.15) is 25.3 Å². The standard InChI is InChI=1S/C18H26N.C2HF3O2/c1-2-8-17(9-3-1)10-4-5-14-19-15-7-13-18(16-19)11-6-12-18;3-2(4,5)1(6)7/h1-3,8-9,16H,4-7,10-15H2;(H,6,7)/q+1;/p-1. The minimum atomic E-state index is -5.19. The van der Waals surface area contributed by atoms with Crippen LogP contribution in [0.15, 0.2) is 30.3 Å². The quantitative estimate of drug-likeness (QED) is 0.590. The molecule has 1 spiro atoms. The number of aliphatic carboxylic acids is 1. The van der Waals surface area contributed by atoms with Crippen LogP contribution in [0.5, 0.6) is 0 Å². The van der Waals surface area contributed by atoms with E-state index in [1.807, 2.05) is 0 Å². The molecule has 2 aliphatic rings. The van der Waals surface area contributed by atoms with E-state index >= 15 is 0 Å². The summed E-state index contributed by atoms with van der Waals surface area (Å²) < 4.78 is 34.2. The van der Waals surface area contributed by atoms with Crippen molar-refractivity contribution < 1.29 is 27.6 Å². The van der Waals surface area contributed by atoms with E-state index < -0.39 is 12.1 Å². The summed E-state index contributed by atoms with van der Waals surface area (Å²) >= 11 is 0. The van der Waals surface area contributed by atoms with Gasteiger partial charge in [-0.1, -0.05) is 36.8 Å². The molecule has 0 bridgehead atoms. The second kappa shape index (κ2) is 9.19. The number of unbranched alkanes of at least 4 members (excludes halogenated alkanes) is 1. The summed E-state index contributed by atoms with van der Waals surface area (Å²) in [7, 11) is 0. The molecule has 0 aromatic heterocycles. The molecule has 1 aliphatic carbocycles. The van der Waals surface area contributed by atoms with E-state index in [-0.39, 0.29) is 0 Å². The normalized spacial score (nSPS) is 18.3. The van der Waals surface area contributed by atoms with Crippen molar-refractivity contribution in [2.75, 3.05) is 13.1 Å². The maximum Gasteiger partial charge on any atom is 0.430 e. The monoisotopic (exact) mass is 369 g/mol. The Morgan fingerprint density at radius 2 is 1.69 bits per heavy atom. The Hall–Kier alpha value is -1.85. The average molecular weight is 369 g/mol. The lowest BCUT2D eigenvalue weighted by Gasteiger charge is -2.38. The Morgan fingerprint density at radius 1 is 1.08 bits per heavy atom. The first kappa shape index (κ1) is 20.5. The minimum absolute atomic E-state index is 0.637. The maximum atomic E-state index is 10.5. The summed E-state index contributed by atoms with van der Waals surface area (Å²) in [5.41, 5.74) is 2.12. The fourth-order valence-corrected chi connectivity index (χ4v) is 3.63. The first-order valence-corrected chi connectivity index (χ1v) is 9.23. The molecule has 1 aromatic carbocycles. The SMILES string of the molecule is C1=[N+](CCCCc2ccccc2)CCCC12CCC2.O=C([O-])C(F)(F)F. The highest BCUT2D eigenvalue weighted by molar-refractivity contribution is 5.70. The van der Waals surface area contributed by atoms with Gasteiger partial charge in [-0.15, -0.1) is 0 Å². The Bertz CT molecular complexity index is 607. The number of aryl methyl sites for hydroxylation is 1. The molecule has 0 amide bonds. The van der Waals surface area contributed by atoms with Crippen molar-refractivity contribution in [2.24, 2.45) is 5.41 Å². The van der Waals surface area contributed by atoms with Gasteiger partial charge in [0.15, 0.2) is 0 Å². The molecule has 0 saturated heterocycles. The molecular formula is C20H26F3NO2. The molecule has 0 N–H and O–H groups in total. The van der Waals surface area contributed by atoms with Crippen LogP contribution < -0.4 is 5.11 Å². The van der Waals surface area contributed by atoms with Gasteiger partial charge in [0.05, 0.1) is 0 Å². The number of halogens is 3. The minimum Gasteiger partial charge on any atom is -0.542 e. The predicted octanol–water partition coefficient (Wildman–Crippen LogP) is 3.36. The van der Waals surface area contributed by atoms with Crippen LogP contribution in [0.4, 0.5) is 13.2 Å². The number of alkyl halides is 3. The highest BCUT2D eigenvalue weighted by atomic mass is 19.4. The van der Waals surface area contributed by atoms with E-state index in [1.165, 1.54) is 70.0 Å². The van der Waals surface area contributed by atoms with Gasteiger partial charge in [0.25, 0.3) is 0 Å². The van der Waals surface area contributed by atoms with Crippen molar-refractivity contribution in [3.05, 3.63) is 35.9 Å².